The number of alkyl halides is 3. The Labute approximate surface area is 237 Å². The van der Waals surface area contributed by atoms with Crippen LogP contribution in [0.25, 0.3) is 0 Å². The van der Waals surface area contributed by atoms with Crippen LogP contribution in [0.4, 0.5) is 19.0 Å². The number of pyridine rings is 2. The van der Waals surface area contributed by atoms with Crippen molar-refractivity contribution in [3.8, 4) is 5.75 Å². The molecule has 5 rings (SSSR count). The van der Waals surface area contributed by atoms with Gasteiger partial charge in [0, 0.05) is 55.8 Å². The maximum absolute atomic E-state index is 14.1. The predicted octanol–water partition coefficient (Wildman–Crippen LogP) is 4.66. The normalized spacial score (nSPS) is 19.9. The van der Waals surface area contributed by atoms with Gasteiger partial charge in [0.15, 0.2) is 0 Å². The van der Waals surface area contributed by atoms with Crippen LogP contribution in [-0.4, -0.2) is 76.5 Å². The molecule has 40 heavy (non-hydrogen) atoms. The van der Waals surface area contributed by atoms with E-state index < -0.39 is 28.8 Å². The first-order chi connectivity index (χ1) is 19.2. The molecule has 2 aliphatic heterocycles. The van der Waals surface area contributed by atoms with Crippen molar-refractivity contribution in [3.05, 3.63) is 82.7 Å². The van der Waals surface area contributed by atoms with Gasteiger partial charge in [-0.3, -0.25) is 14.6 Å². The van der Waals surface area contributed by atoms with Crippen molar-refractivity contribution in [2.45, 2.75) is 24.6 Å². The number of piperazine rings is 1. The Balaban J connectivity index is 1.41. The summed E-state index contributed by atoms with van der Waals surface area (Å²) in [7, 11) is 0. The Morgan fingerprint density at radius 2 is 1.68 bits per heavy atom. The fraction of sp³-hybridized carbons (Fsp3) is 0.357. The summed E-state index contributed by atoms with van der Waals surface area (Å²) in [5.41, 5.74) is -3.07. The highest BCUT2D eigenvalue weighted by molar-refractivity contribution is 9.10. The fourth-order valence-electron chi connectivity index (χ4n) is 5.18. The van der Waals surface area contributed by atoms with Crippen LogP contribution in [0.1, 0.15) is 28.8 Å². The van der Waals surface area contributed by atoms with Gasteiger partial charge in [0.1, 0.15) is 11.6 Å². The second-order valence-electron chi connectivity index (χ2n) is 9.77. The molecule has 1 unspecified atom stereocenters. The van der Waals surface area contributed by atoms with Crippen molar-refractivity contribution in [2.24, 2.45) is 0 Å². The fourth-order valence-corrected chi connectivity index (χ4v) is 5.44. The number of piperidine rings is 1. The van der Waals surface area contributed by atoms with Gasteiger partial charge >= 0.3 is 6.18 Å². The summed E-state index contributed by atoms with van der Waals surface area (Å²) in [4.78, 5) is 40.8. The highest BCUT2D eigenvalue weighted by Gasteiger charge is 2.49. The van der Waals surface area contributed by atoms with Crippen molar-refractivity contribution >= 4 is 33.6 Å². The monoisotopic (exact) mass is 617 g/mol. The largest absolute Gasteiger partial charge is 0.476 e. The van der Waals surface area contributed by atoms with E-state index >= 15 is 0 Å². The predicted molar refractivity (Wildman–Crippen MR) is 145 cm³/mol. The second kappa shape index (κ2) is 11.4. The SMILES string of the molecule is O=C(c1cnccc1C(F)(F)F)N1CCCC(Oc2ccc(Br)cc2)(C(=O)N2CCN(c3ccccn3)CC2)C1. The number of halogens is 4. The number of rotatable bonds is 5. The summed E-state index contributed by atoms with van der Waals surface area (Å²) < 4.78 is 48.2. The molecule has 8 nitrogen and oxygen atoms in total. The number of hydrogen-bond donors (Lipinski definition) is 0. The van der Waals surface area contributed by atoms with Gasteiger partial charge in [-0.15, -0.1) is 0 Å². The molecule has 2 fully saturated rings. The summed E-state index contributed by atoms with van der Waals surface area (Å²) in [6, 6.07) is 13.4. The molecule has 3 aromatic rings. The van der Waals surface area contributed by atoms with Crippen LogP contribution in [0, 0.1) is 0 Å². The molecule has 0 bridgehead atoms. The van der Waals surface area contributed by atoms with E-state index in [1.54, 1.807) is 35.4 Å². The molecule has 1 aromatic carbocycles. The molecular formula is C28H27BrF3N5O3. The molecule has 2 saturated heterocycles. The van der Waals surface area contributed by atoms with Gasteiger partial charge in [-0.2, -0.15) is 13.2 Å². The maximum atomic E-state index is 14.1. The first-order valence-electron chi connectivity index (χ1n) is 12.9. The second-order valence-corrected chi connectivity index (χ2v) is 10.7. The van der Waals surface area contributed by atoms with Gasteiger partial charge in [-0.05, 0) is 55.3 Å². The number of aromatic nitrogens is 2. The van der Waals surface area contributed by atoms with Gasteiger partial charge in [0.25, 0.3) is 11.8 Å². The third-order valence-electron chi connectivity index (χ3n) is 7.16. The Morgan fingerprint density at radius 1 is 0.925 bits per heavy atom. The number of carbonyl (C=O) groups excluding carboxylic acids is 2. The third-order valence-corrected chi connectivity index (χ3v) is 7.68. The van der Waals surface area contributed by atoms with Crippen LogP contribution in [0.3, 0.4) is 0 Å². The van der Waals surface area contributed by atoms with Gasteiger partial charge in [0.2, 0.25) is 5.60 Å². The van der Waals surface area contributed by atoms with Gasteiger partial charge in [-0.1, -0.05) is 22.0 Å². The standard InChI is InChI=1S/C28H27BrF3N5O3/c29-20-5-7-21(8-6-20)40-27(26(39)36-16-14-35(15-17-36)24-4-1-2-11-34-24)10-3-13-37(19-27)25(38)22-18-33-12-9-23(22)28(30,31)32/h1-2,4-9,11-12,18H,3,10,13-17,19H2. The Kier molecular flexibility index (Phi) is 7.97. The van der Waals surface area contributed by atoms with Crippen LogP contribution in [0.15, 0.2) is 71.6 Å². The van der Waals surface area contributed by atoms with E-state index in [4.69, 9.17) is 4.74 Å². The van der Waals surface area contributed by atoms with Crippen LogP contribution < -0.4 is 9.64 Å². The van der Waals surface area contributed by atoms with Gasteiger partial charge < -0.3 is 19.4 Å². The summed E-state index contributed by atoms with van der Waals surface area (Å²) in [6.45, 7) is 1.95. The Bertz CT molecular complexity index is 1350. The average molecular weight is 618 g/mol. The zero-order valence-electron chi connectivity index (χ0n) is 21.5. The summed E-state index contributed by atoms with van der Waals surface area (Å²) in [6.07, 6.45) is -0.388. The van der Waals surface area contributed by atoms with E-state index in [9.17, 15) is 22.8 Å². The average Bonchev–Trinajstić information content (AvgIpc) is 2.98. The zero-order chi connectivity index (χ0) is 28.3. The number of benzene rings is 1. The van der Waals surface area contributed by atoms with Crippen LogP contribution in [0.5, 0.6) is 5.75 Å². The number of hydrogen-bond acceptors (Lipinski definition) is 6. The molecular weight excluding hydrogens is 591 g/mol. The van der Waals surface area contributed by atoms with Gasteiger partial charge in [0.05, 0.1) is 17.7 Å². The minimum atomic E-state index is -4.72. The molecule has 12 heteroatoms. The van der Waals surface area contributed by atoms with E-state index in [1.807, 2.05) is 18.2 Å². The molecule has 2 aliphatic rings. The van der Waals surface area contributed by atoms with Gasteiger partial charge in [-0.25, -0.2) is 4.98 Å². The number of ether oxygens (including phenoxy) is 1. The van der Waals surface area contributed by atoms with Crippen molar-refractivity contribution in [1.82, 2.24) is 19.8 Å². The molecule has 210 valence electrons. The summed E-state index contributed by atoms with van der Waals surface area (Å²) >= 11 is 3.39. The molecule has 0 N–H and O–H groups in total. The highest BCUT2D eigenvalue weighted by Crippen LogP contribution is 2.35. The van der Waals surface area contributed by atoms with Crippen LogP contribution in [-0.2, 0) is 11.0 Å². The Morgan fingerprint density at radius 3 is 2.35 bits per heavy atom. The molecule has 0 radical (unpaired) electrons. The Hall–Kier alpha value is -3.67. The highest BCUT2D eigenvalue weighted by atomic mass is 79.9. The first-order valence-corrected chi connectivity index (χ1v) is 13.7. The lowest BCUT2D eigenvalue weighted by Gasteiger charge is -2.45. The minimum Gasteiger partial charge on any atom is -0.476 e. The van der Waals surface area contributed by atoms with E-state index in [1.165, 1.54) is 4.90 Å². The van der Waals surface area contributed by atoms with Crippen LogP contribution >= 0.6 is 15.9 Å². The summed E-state index contributed by atoms with van der Waals surface area (Å²) in [5.74, 6) is 0.115. The van der Waals surface area contributed by atoms with E-state index in [-0.39, 0.29) is 19.0 Å². The quantitative estimate of drug-likeness (QED) is 0.414. The topological polar surface area (TPSA) is 78.9 Å². The lowest BCUT2D eigenvalue weighted by atomic mass is 9.89. The molecule has 0 aliphatic carbocycles. The molecule has 2 amide bonds. The lowest BCUT2D eigenvalue weighted by molar-refractivity contribution is -0.153. The van der Waals surface area contributed by atoms with E-state index in [0.29, 0.717) is 44.8 Å². The number of amides is 2. The van der Waals surface area contributed by atoms with E-state index in [0.717, 1.165) is 28.8 Å². The minimum absolute atomic E-state index is 0.187. The van der Waals surface area contributed by atoms with Crippen molar-refractivity contribution in [2.75, 3.05) is 44.2 Å². The molecule has 4 heterocycles. The molecule has 0 saturated carbocycles. The van der Waals surface area contributed by atoms with E-state index in [2.05, 4.69) is 30.8 Å². The number of likely N-dealkylation sites (tertiary alicyclic amines) is 1. The van der Waals surface area contributed by atoms with Crippen molar-refractivity contribution in [1.29, 1.82) is 0 Å². The lowest BCUT2D eigenvalue weighted by Crippen LogP contribution is -2.64. The number of nitrogens with zero attached hydrogens (tertiary/aromatic N) is 5. The first kappa shape index (κ1) is 27.9. The number of anilines is 1. The maximum Gasteiger partial charge on any atom is 0.417 e. The third kappa shape index (κ3) is 5.91. The van der Waals surface area contributed by atoms with Crippen molar-refractivity contribution < 1.29 is 27.5 Å². The smallest absolute Gasteiger partial charge is 0.417 e. The molecule has 1 atom stereocenters. The molecule has 2 aromatic heterocycles. The zero-order valence-corrected chi connectivity index (χ0v) is 23.1. The number of carbonyl (C=O) groups is 2. The summed E-state index contributed by atoms with van der Waals surface area (Å²) in [5, 5.41) is 0. The van der Waals surface area contributed by atoms with Crippen LogP contribution in [0.2, 0.25) is 0 Å². The molecule has 0 spiro atoms. The van der Waals surface area contributed by atoms with Crippen molar-refractivity contribution in [3.63, 3.8) is 0 Å².